The highest BCUT2D eigenvalue weighted by Gasteiger charge is 2.17. The molecule has 0 aromatic heterocycles. The smallest absolute Gasteiger partial charge is 0.0900 e. The number of piperazine rings is 1. The van der Waals surface area contributed by atoms with Crippen molar-refractivity contribution in [1.82, 2.24) is 9.80 Å². The first-order valence-electron chi connectivity index (χ1n) is 6.46. The molecule has 0 radical (unpaired) electrons. The fourth-order valence-corrected chi connectivity index (χ4v) is 2.00. The lowest BCUT2D eigenvalue weighted by Crippen LogP contribution is -2.48. The second kappa shape index (κ2) is 8.01. The highest BCUT2D eigenvalue weighted by atomic mass is 16.5. The first-order chi connectivity index (χ1) is 7.76. The molecule has 1 saturated heterocycles. The monoisotopic (exact) mass is 230 g/mol. The van der Waals surface area contributed by atoms with E-state index in [9.17, 15) is 5.11 Å². The summed E-state index contributed by atoms with van der Waals surface area (Å²) < 4.78 is 5.34. The molecule has 0 amide bonds. The molecule has 0 saturated carbocycles. The third-order valence-electron chi connectivity index (χ3n) is 3.04. The van der Waals surface area contributed by atoms with Crippen LogP contribution in [0.1, 0.15) is 20.3 Å². The van der Waals surface area contributed by atoms with Crippen molar-refractivity contribution in [2.24, 2.45) is 0 Å². The van der Waals surface area contributed by atoms with Gasteiger partial charge in [0.2, 0.25) is 0 Å². The number of ether oxygens (including phenoxy) is 1. The Hall–Kier alpha value is -0.160. The molecule has 1 N–H and O–H groups in total. The number of rotatable bonds is 7. The van der Waals surface area contributed by atoms with Crippen LogP contribution in [0.25, 0.3) is 0 Å². The highest BCUT2D eigenvalue weighted by molar-refractivity contribution is 4.73. The topological polar surface area (TPSA) is 35.9 Å². The molecule has 1 unspecified atom stereocenters. The molecule has 1 rings (SSSR count). The molecule has 1 atom stereocenters. The molecule has 96 valence electrons. The van der Waals surface area contributed by atoms with Gasteiger partial charge < -0.3 is 14.7 Å². The Morgan fingerprint density at radius 1 is 1.12 bits per heavy atom. The minimum Gasteiger partial charge on any atom is -0.389 e. The predicted molar refractivity (Wildman–Crippen MR) is 65.7 cm³/mol. The standard InChI is InChI=1S/C12H26N2O2/c1-3-9-16-11-12(15)10-14-7-5-13(4-2)6-8-14/h12,15H,3-11H2,1-2H3. The van der Waals surface area contributed by atoms with E-state index in [0.29, 0.717) is 6.61 Å². The average molecular weight is 230 g/mol. The Balaban J connectivity index is 2.08. The molecule has 4 nitrogen and oxygen atoms in total. The van der Waals surface area contributed by atoms with Crippen LogP contribution in [0.3, 0.4) is 0 Å². The molecule has 16 heavy (non-hydrogen) atoms. The van der Waals surface area contributed by atoms with Crippen LogP contribution in [0.15, 0.2) is 0 Å². The zero-order valence-corrected chi connectivity index (χ0v) is 10.7. The van der Waals surface area contributed by atoms with E-state index in [1.807, 2.05) is 0 Å². The first-order valence-corrected chi connectivity index (χ1v) is 6.46. The Labute approximate surface area is 99.2 Å². The molecule has 0 aromatic carbocycles. The second-order valence-corrected chi connectivity index (χ2v) is 4.46. The van der Waals surface area contributed by atoms with E-state index in [2.05, 4.69) is 23.6 Å². The SMILES string of the molecule is CCCOCC(O)CN1CCN(CC)CC1. The minimum absolute atomic E-state index is 0.334. The van der Waals surface area contributed by atoms with Crippen LogP contribution in [0.5, 0.6) is 0 Å². The zero-order chi connectivity index (χ0) is 11.8. The van der Waals surface area contributed by atoms with Gasteiger partial charge in [-0.25, -0.2) is 0 Å². The van der Waals surface area contributed by atoms with Gasteiger partial charge in [-0.05, 0) is 13.0 Å². The zero-order valence-electron chi connectivity index (χ0n) is 10.7. The van der Waals surface area contributed by atoms with E-state index in [1.54, 1.807) is 0 Å². The fraction of sp³-hybridized carbons (Fsp3) is 1.00. The quantitative estimate of drug-likeness (QED) is 0.643. The average Bonchev–Trinajstić information content (AvgIpc) is 2.30. The molecule has 4 heteroatoms. The summed E-state index contributed by atoms with van der Waals surface area (Å²) in [6.07, 6.45) is 0.682. The molecular weight excluding hydrogens is 204 g/mol. The van der Waals surface area contributed by atoms with Crippen LogP contribution in [0, 0.1) is 0 Å². The van der Waals surface area contributed by atoms with Gasteiger partial charge in [0.1, 0.15) is 0 Å². The lowest BCUT2D eigenvalue weighted by atomic mass is 10.2. The van der Waals surface area contributed by atoms with Gasteiger partial charge in [-0.15, -0.1) is 0 Å². The molecular formula is C12H26N2O2. The largest absolute Gasteiger partial charge is 0.389 e. The molecule has 0 bridgehead atoms. The fourth-order valence-electron chi connectivity index (χ4n) is 2.00. The lowest BCUT2D eigenvalue weighted by Gasteiger charge is -2.34. The summed E-state index contributed by atoms with van der Waals surface area (Å²) in [6, 6.07) is 0. The van der Waals surface area contributed by atoms with Crippen LogP contribution in [0.2, 0.25) is 0 Å². The summed E-state index contributed by atoms with van der Waals surface area (Å²) >= 11 is 0. The van der Waals surface area contributed by atoms with Crippen molar-refractivity contribution in [2.45, 2.75) is 26.4 Å². The molecule has 0 spiro atoms. The molecule has 1 aliphatic rings. The van der Waals surface area contributed by atoms with Gasteiger partial charge in [-0.3, -0.25) is 4.90 Å². The predicted octanol–water partition coefficient (Wildman–Crippen LogP) is 0.411. The van der Waals surface area contributed by atoms with Crippen molar-refractivity contribution < 1.29 is 9.84 Å². The Kier molecular flexibility index (Phi) is 6.96. The maximum absolute atomic E-state index is 9.77. The summed E-state index contributed by atoms with van der Waals surface area (Å²) in [5.74, 6) is 0. The summed E-state index contributed by atoms with van der Waals surface area (Å²) in [4.78, 5) is 4.77. The third kappa shape index (κ3) is 5.25. The number of aliphatic hydroxyl groups is 1. The number of hydrogen-bond donors (Lipinski definition) is 1. The van der Waals surface area contributed by atoms with Crippen LogP contribution in [-0.2, 0) is 4.74 Å². The van der Waals surface area contributed by atoms with Crippen LogP contribution < -0.4 is 0 Å². The van der Waals surface area contributed by atoms with Crippen LogP contribution in [-0.4, -0.2) is 73.5 Å². The van der Waals surface area contributed by atoms with E-state index >= 15 is 0 Å². The minimum atomic E-state index is -0.334. The highest BCUT2D eigenvalue weighted by Crippen LogP contribution is 2.02. The van der Waals surface area contributed by atoms with E-state index in [-0.39, 0.29) is 6.10 Å². The number of hydrogen-bond acceptors (Lipinski definition) is 4. The van der Waals surface area contributed by atoms with Gasteiger partial charge in [-0.1, -0.05) is 13.8 Å². The van der Waals surface area contributed by atoms with Gasteiger partial charge in [-0.2, -0.15) is 0 Å². The van der Waals surface area contributed by atoms with Gasteiger partial charge in [0, 0.05) is 39.3 Å². The van der Waals surface area contributed by atoms with E-state index in [1.165, 1.54) is 0 Å². The number of β-amino-alcohol motifs (C(OH)–C–C–N with tert-alkyl or cyclic N) is 1. The van der Waals surface area contributed by atoms with E-state index in [0.717, 1.165) is 52.3 Å². The van der Waals surface area contributed by atoms with Gasteiger partial charge in [0.25, 0.3) is 0 Å². The van der Waals surface area contributed by atoms with Crippen molar-refractivity contribution in [3.8, 4) is 0 Å². The molecule has 0 aromatic rings. The van der Waals surface area contributed by atoms with E-state index < -0.39 is 0 Å². The van der Waals surface area contributed by atoms with Crippen molar-refractivity contribution in [2.75, 3.05) is 52.5 Å². The molecule has 1 heterocycles. The normalized spacial score (nSPS) is 21.2. The van der Waals surface area contributed by atoms with E-state index in [4.69, 9.17) is 4.74 Å². The van der Waals surface area contributed by atoms with Gasteiger partial charge >= 0.3 is 0 Å². The molecule has 1 aliphatic heterocycles. The Bertz CT molecular complexity index is 170. The number of nitrogens with zero attached hydrogens (tertiary/aromatic N) is 2. The van der Waals surface area contributed by atoms with Crippen molar-refractivity contribution in [1.29, 1.82) is 0 Å². The van der Waals surface area contributed by atoms with Crippen molar-refractivity contribution in [3.05, 3.63) is 0 Å². The first kappa shape index (κ1) is 13.9. The third-order valence-corrected chi connectivity index (χ3v) is 3.04. The Morgan fingerprint density at radius 3 is 2.31 bits per heavy atom. The summed E-state index contributed by atoms with van der Waals surface area (Å²) in [7, 11) is 0. The number of likely N-dealkylation sites (N-methyl/N-ethyl adjacent to an activating group) is 1. The maximum atomic E-state index is 9.77. The maximum Gasteiger partial charge on any atom is 0.0900 e. The molecule has 1 fully saturated rings. The van der Waals surface area contributed by atoms with Gasteiger partial charge in [0.15, 0.2) is 0 Å². The summed E-state index contributed by atoms with van der Waals surface area (Å²) in [5.41, 5.74) is 0. The molecule has 0 aliphatic carbocycles. The van der Waals surface area contributed by atoms with Crippen molar-refractivity contribution in [3.63, 3.8) is 0 Å². The van der Waals surface area contributed by atoms with Crippen LogP contribution in [0.4, 0.5) is 0 Å². The lowest BCUT2D eigenvalue weighted by molar-refractivity contribution is 0.00776. The Morgan fingerprint density at radius 2 is 1.75 bits per heavy atom. The number of aliphatic hydroxyl groups excluding tert-OH is 1. The van der Waals surface area contributed by atoms with Gasteiger partial charge in [0.05, 0.1) is 12.7 Å². The summed E-state index contributed by atoms with van der Waals surface area (Å²) in [6.45, 7) is 11.8. The van der Waals surface area contributed by atoms with Crippen LogP contribution >= 0.6 is 0 Å². The summed E-state index contributed by atoms with van der Waals surface area (Å²) in [5, 5.41) is 9.77. The second-order valence-electron chi connectivity index (χ2n) is 4.46. The van der Waals surface area contributed by atoms with Crippen molar-refractivity contribution >= 4 is 0 Å².